The van der Waals surface area contributed by atoms with E-state index in [1.165, 1.54) is 11.3 Å². The maximum Gasteiger partial charge on any atom is 0.271 e. The Hall–Kier alpha value is -2.41. The highest BCUT2D eigenvalue weighted by Crippen LogP contribution is 2.25. The molecule has 1 saturated heterocycles. The molecule has 1 unspecified atom stereocenters. The van der Waals surface area contributed by atoms with Crippen LogP contribution < -0.4 is 15.4 Å². The Labute approximate surface area is 144 Å². The maximum atomic E-state index is 12.3. The molecule has 6 nitrogen and oxygen atoms in total. The van der Waals surface area contributed by atoms with Crippen LogP contribution in [-0.2, 0) is 4.79 Å². The van der Waals surface area contributed by atoms with Crippen molar-refractivity contribution < 1.29 is 14.3 Å². The summed E-state index contributed by atoms with van der Waals surface area (Å²) in [5.74, 6) is 0.645. The summed E-state index contributed by atoms with van der Waals surface area (Å²) in [5, 5.41) is 8.21. The van der Waals surface area contributed by atoms with Crippen molar-refractivity contribution in [1.29, 1.82) is 0 Å². The molecule has 0 saturated carbocycles. The molecule has 2 N–H and O–H groups in total. The van der Waals surface area contributed by atoms with Crippen LogP contribution in [0.3, 0.4) is 0 Å². The molecule has 0 radical (unpaired) electrons. The van der Waals surface area contributed by atoms with Gasteiger partial charge < -0.3 is 15.4 Å². The number of carbonyl (C=O) groups excluding carboxylic acids is 2. The van der Waals surface area contributed by atoms with Crippen molar-refractivity contribution in [2.75, 3.05) is 13.2 Å². The van der Waals surface area contributed by atoms with Crippen LogP contribution in [0, 0.1) is 0 Å². The van der Waals surface area contributed by atoms with E-state index in [9.17, 15) is 9.59 Å². The number of amides is 2. The topological polar surface area (TPSA) is 80.3 Å². The fourth-order valence-corrected chi connectivity index (χ4v) is 3.29. The van der Waals surface area contributed by atoms with E-state index in [0.717, 1.165) is 16.3 Å². The second kappa shape index (κ2) is 7.44. The third kappa shape index (κ3) is 3.91. The van der Waals surface area contributed by atoms with E-state index < -0.39 is 0 Å². The molecule has 1 atom stereocenters. The van der Waals surface area contributed by atoms with Crippen LogP contribution >= 0.6 is 11.3 Å². The largest absolute Gasteiger partial charge is 0.494 e. The van der Waals surface area contributed by atoms with Crippen LogP contribution in [0.2, 0.25) is 0 Å². The number of aromatic nitrogens is 1. The Morgan fingerprint density at radius 3 is 2.88 bits per heavy atom. The van der Waals surface area contributed by atoms with E-state index in [-0.39, 0.29) is 17.9 Å². The van der Waals surface area contributed by atoms with Gasteiger partial charge in [-0.3, -0.25) is 9.59 Å². The van der Waals surface area contributed by atoms with Gasteiger partial charge in [-0.1, -0.05) is 0 Å². The number of rotatable bonds is 5. The summed E-state index contributed by atoms with van der Waals surface area (Å²) in [6.07, 6.45) is 1.10. The van der Waals surface area contributed by atoms with Crippen LogP contribution in [0.5, 0.6) is 5.75 Å². The lowest BCUT2D eigenvalue weighted by Gasteiger charge is -2.22. The molecule has 3 rings (SSSR count). The fraction of sp³-hybridized carbons (Fsp3) is 0.353. The van der Waals surface area contributed by atoms with E-state index in [0.29, 0.717) is 31.7 Å². The summed E-state index contributed by atoms with van der Waals surface area (Å²) in [6, 6.07) is 7.62. The van der Waals surface area contributed by atoms with Gasteiger partial charge in [0.1, 0.15) is 16.5 Å². The highest BCUT2D eigenvalue weighted by atomic mass is 32.1. The Morgan fingerprint density at radius 1 is 1.42 bits per heavy atom. The standard InChI is InChI=1S/C17H19N3O3S/c1-2-23-13-6-3-11(4-7-13)17-20-14(10-24-17)16(22)19-12-5-8-15(21)18-9-12/h3-4,6-7,10,12H,2,5,8-9H2,1H3,(H,18,21)(H,19,22). The van der Waals surface area contributed by atoms with Crippen molar-refractivity contribution in [2.45, 2.75) is 25.8 Å². The number of hydrogen-bond acceptors (Lipinski definition) is 5. The number of piperidine rings is 1. The van der Waals surface area contributed by atoms with Gasteiger partial charge in [0.2, 0.25) is 5.91 Å². The zero-order valence-electron chi connectivity index (χ0n) is 13.4. The van der Waals surface area contributed by atoms with E-state index in [1.807, 2.05) is 31.2 Å². The first-order valence-corrected chi connectivity index (χ1v) is 8.80. The van der Waals surface area contributed by atoms with Crippen molar-refractivity contribution in [3.8, 4) is 16.3 Å². The molecule has 24 heavy (non-hydrogen) atoms. The highest BCUT2D eigenvalue weighted by molar-refractivity contribution is 7.13. The van der Waals surface area contributed by atoms with Gasteiger partial charge in [0.15, 0.2) is 0 Å². The molecule has 0 bridgehead atoms. The number of ether oxygens (including phenoxy) is 1. The van der Waals surface area contributed by atoms with Gasteiger partial charge in [-0.25, -0.2) is 4.98 Å². The first-order chi connectivity index (χ1) is 11.7. The molecule has 2 amide bonds. The summed E-state index contributed by atoms with van der Waals surface area (Å²) in [6.45, 7) is 3.04. The number of benzene rings is 1. The molecule has 1 aromatic carbocycles. The van der Waals surface area contributed by atoms with E-state index in [1.54, 1.807) is 5.38 Å². The predicted octanol–water partition coefficient (Wildman–Crippen LogP) is 2.22. The third-order valence-electron chi connectivity index (χ3n) is 3.75. The minimum atomic E-state index is -0.204. The minimum absolute atomic E-state index is 0.0342. The van der Waals surface area contributed by atoms with Crippen LogP contribution in [0.15, 0.2) is 29.6 Å². The van der Waals surface area contributed by atoms with Crippen LogP contribution in [0.1, 0.15) is 30.3 Å². The van der Waals surface area contributed by atoms with Crippen LogP contribution in [-0.4, -0.2) is 36.0 Å². The lowest BCUT2D eigenvalue weighted by atomic mass is 10.1. The first-order valence-electron chi connectivity index (χ1n) is 7.92. The Kier molecular flexibility index (Phi) is 5.10. The van der Waals surface area contributed by atoms with Gasteiger partial charge in [0.05, 0.1) is 6.61 Å². The van der Waals surface area contributed by atoms with Gasteiger partial charge in [-0.2, -0.15) is 0 Å². The quantitative estimate of drug-likeness (QED) is 0.871. The van der Waals surface area contributed by atoms with Crippen molar-refractivity contribution >= 4 is 23.2 Å². The molecule has 7 heteroatoms. The molecule has 0 aliphatic carbocycles. The van der Waals surface area contributed by atoms with E-state index >= 15 is 0 Å². The van der Waals surface area contributed by atoms with Gasteiger partial charge in [0, 0.05) is 30.0 Å². The fourth-order valence-electron chi connectivity index (χ4n) is 2.49. The third-order valence-corrected chi connectivity index (χ3v) is 4.64. The van der Waals surface area contributed by atoms with Crippen molar-refractivity contribution in [1.82, 2.24) is 15.6 Å². The van der Waals surface area contributed by atoms with Gasteiger partial charge in [-0.15, -0.1) is 11.3 Å². The van der Waals surface area contributed by atoms with Crippen LogP contribution in [0.4, 0.5) is 0 Å². The number of carbonyl (C=O) groups is 2. The molecule has 1 aliphatic rings. The number of nitrogens with one attached hydrogen (secondary N) is 2. The summed E-state index contributed by atoms with van der Waals surface area (Å²) >= 11 is 1.43. The molecule has 126 valence electrons. The molecular formula is C17H19N3O3S. The smallest absolute Gasteiger partial charge is 0.271 e. The number of thiazole rings is 1. The van der Waals surface area contributed by atoms with Crippen molar-refractivity contribution in [2.24, 2.45) is 0 Å². The second-order valence-corrected chi connectivity index (χ2v) is 6.37. The average molecular weight is 345 g/mol. The maximum absolute atomic E-state index is 12.3. The van der Waals surface area contributed by atoms with Gasteiger partial charge >= 0.3 is 0 Å². The van der Waals surface area contributed by atoms with Crippen LogP contribution in [0.25, 0.3) is 10.6 Å². The van der Waals surface area contributed by atoms with Gasteiger partial charge in [0.25, 0.3) is 5.91 Å². The Bertz CT molecular complexity index is 717. The molecule has 0 spiro atoms. The lowest BCUT2D eigenvalue weighted by Crippen LogP contribution is -2.47. The Morgan fingerprint density at radius 2 is 2.21 bits per heavy atom. The number of hydrogen-bond donors (Lipinski definition) is 2. The monoisotopic (exact) mass is 345 g/mol. The molecule has 2 aromatic rings. The molecule has 1 fully saturated rings. The second-order valence-electron chi connectivity index (χ2n) is 5.51. The molecule has 1 aliphatic heterocycles. The minimum Gasteiger partial charge on any atom is -0.494 e. The summed E-state index contributed by atoms with van der Waals surface area (Å²) < 4.78 is 5.42. The van der Waals surface area contributed by atoms with Crippen molar-refractivity contribution in [3.63, 3.8) is 0 Å². The van der Waals surface area contributed by atoms with E-state index in [4.69, 9.17) is 4.74 Å². The normalized spacial score (nSPS) is 17.2. The molecule has 1 aromatic heterocycles. The average Bonchev–Trinajstić information content (AvgIpc) is 3.08. The summed E-state index contributed by atoms with van der Waals surface area (Å²) in [7, 11) is 0. The predicted molar refractivity (Wildman–Crippen MR) is 92.2 cm³/mol. The number of nitrogens with zero attached hydrogens (tertiary/aromatic N) is 1. The summed E-state index contributed by atoms with van der Waals surface area (Å²) in [5.41, 5.74) is 1.35. The SMILES string of the molecule is CCOc1ccc(-c2nc(C(=O)NC3CCC(=O)NC3)cs2)cc1. The lowest BCUT2D eigenvalue weighted by molar-refractivity contribution is -0.122. The van der Waals surface area contributed by atoms with Crippen molar-refractivity contribution in [3.05, 3.63) is 35.3 Å². The zero-order valence-corrected chi connectivity index (χ0v) is 14.2. The van der Waals surface area contributed by atoms with Gasteiger partial charge in [-0.05, 0) is 37.6 Å². The summed E-state index contributed by atoms with van der Waals surface area (Å²) in [4.78, 5) is 27.8. The molecule has 2 heterocycles. The molecular weight excluding hydrogens is 326 g/mol. The van der Waals surface area contributed by atoms with E-state index in [2.05, 4.69) is 15.6 Å². The zero-order chi connectivity index (χ0) is 16.9. The Balaban J connectivity index is 1.64. The first kappa shape index (κ1) is 16.4. The highest BCUT2D eigenvalue weighted by Gasteiger charge is 2.21.